The van der Waals surface area contributed by atoms with Crippen molar-refractivity contribution in [3.8, 4) is 44.5 Å². The molecule has 60 heavy (non-hydrogen) atoms. The monoisotopic (exact) mass is 787 g/mol. The molecule has 0 atom stereocenters. The van der Waals surface area contributed by atoms with Crippen LogP contribution in [-0.2, 0) is 10.8 Å². The van der Waals surface area contributed by atoms with E-state index in [1.807, 2.05) is 0 Å². The highest BCUT2D eigenvalue weighted by atomic mass is 14.5. The van der Waals surface area contributed by atoms with Crippen molar-refractivity contribution in [1.29, 1.82) is 0 Å². The predicted molar refractivity (Wildman–Crippen MR) is 261 cm³/mol. The Morgan fingerprint density at radius 2 is 0.633 bits per heavy atom. The van der Waals surface area contributed by atoms with Crippen molar-refractivity contribution in [1.82, 2.24) is 0 Å². The molecule has 0 nitrogen and oxygen atoms in total. The first kappa shape index (κ1) is 40.5. The third-order valence-corrected chi connectivity index (χ3v) is 14.9. The predicted octanol–water partition coefficient (Wildman–Crippen LogP) is 18.2. The van der Waals surface area contributed by atoms with Crippen LogP contribution in [0.25, 0.3) is 66.1 Å². The van der Waals surface area contributed by atoms with Gasteiger partial charge in [-0.15, -0.1) is 0 Å². The molecule has 0 saturated heterocycles. The summed E-state index contributed by atoms with van der Waals surface area (Å²) in [5, 5.41) is 5.41. The Morgan fingerprint density at radius 1 is 0.300 bits per heavy atom. The Kier molecular flexibility index (Phi) is 11.9. The summed E-state index contributed by atoms with van der Waals surface area (Å²) >= 11 is 0. The Hall–Kier alpha value is -4.94. The Labute approximate surface area is 361 Å². The van der Waals surface area contributed by atoms with Crippen molar-refractivity contribution >= 4 is 21.5 Å². The highest BCUT2D eigenvalue weighted by molar-refractivity contribution is 6.21. The molecule has 306 valence electrons. The molecule has 7 aromatic carbocycles. The minimum atomic E-state index is 0.0546. The Balaban J connectivity index is 1.24. The minimum Gasteiger partial charge on any atom is -0.0654 e. The molecule has 0 heterocycles. The van der Waals surface area contributed by atoms with E-state index in [0.29, 0.717) is 0 Å². The van der Waals surface area contributed by atoms with Gasteiger partial charge in [0.1, 0.15) is 0 Å². The third kappa shape index (κ3) is 6.83. The van der Waals surface area contributed by atoms with Gasteiger partial charge in [0.2, 0.25) is 0 Å². The summed E-state index contributed by atoms with van der Waals surface area (Å²) in [6.45, 7) is 9.38. The lowest BCUT2D eigenvalue weighted by molar-refractivity contribution is 0.401. The summed E-state index contributed by atoms with van der Waals surface area (Å²) in [7, 11) is 0. The van der Waals surface area contributed by atoms with Crippen LogP contribution in [0.4, 0.5) is 0 Å². The van der Waals surface area contributed by atoms with Gasteiger partial charge in [-0.25, -0.2) is 0 Å². The average Bonchev–Trinajstić information content (AvgIpc) is 3.73. The van der Waals surface area contributed by atoms with E-state index < -0.39 is 0 Å². The lowest BCUT2D eigenvalue weighted by Crippen LogP contribution is -2.25. The van der Waals surface area contributed by atoms with Crippen LogP contribution in [0.15, 0.2) is 133 Å². The molecule has 2 aliphatic rings. The molecule has 0 unspecified atom stereocenters. The topological polar surface area (TPSA) is 0 Å². The molecule has 0 aliphatic heterocycles. The number of hydrogen-bond donors (Lipinski definition) is 0. The molecule has 0 aromatic heterocycles. The van der Waals surface area contributed by atoms with Crippen molar-refractivity contribution in [3.63, 3.8) is 0 Å². The van der Waals surface area contributed by atoms with E-state index >= 15 is 0 Å². The van der Waals surface area contributed by atoms with Gasteiger partial charge in [-0.05, 0) is 126 Å². The first-order valence-electron chi connectivity index (χ1n) is 24.0. The van der Waals surface area contributed by atoms with Gasteiger partial charge in [-0.1, -0.05) is 226 Å². The number of fused-ring (bicyclic) bond motifs is 8. The van der Waals surface area contributed by atoms with Crippen molar-refractivity contribution in [2.45, 2.75) is 141 Å². The minimum absolute atomic E-state index is 0.0546. The van der Waals surface area contributed by atoms with Crippen LogP contribution < -0.4 is 0 Å². The molecule has 0 amide bonds. The standard InChI is InChI=1S/C60H66/c1-5-9-13-23-39-60(40-24-14-10-6-2)54-32-22-20-26-46(54)48-36-34-44(42-56(48)60)58-51-29-17-15-27-49(51)57(50-28-16-18-30-52(50)58)43-33-35-47-45-25-19-21-31-53(45)59(37-11-7-3,38-12-8-4)55(47)41-43/h15-22,25-36,41-42H,5-14,23-24,37-40H2,1-4H3. The second-order valence-corrected chi connectivity index (χ2v) is 18.4. The van der Waals surface area contributed by atoms with Gasteiger partial charge in [0.15, 0.2) is 0 Å². The Bertz CT molecular complexity index is 2540. The van der Waals surface area contributed by atoms with Crippen molar-refractivity contribution in [2.24, 2.45) is 0 Å². The van der Waals surface area contributed by atoms with Gasteiger partial charge in [-0.2, -0.15) is 0 Å². The van der Waals surface area contributed by atoms with Crippen molar-refractivity contribution in [3.05, 3.63) is 156 Å². The molecular formula is C60H66. The lowest BCUT2D eigenvalue weighted by atomic mass is 9.70. The summed E-state index contributed by atoms with van der Waals surface area (Å²) in [5.74, 6) is 0. The fourth-order valence-electron chi connectivity index (χ4n) is 12.0. The second kappa shape index (κ2) is 17.6. The summed E-state index contributed by atoms with van der Waals surface area (Å²) < 4.78 is 0. The normalized spacial score (nSPS) is 14.3. The van der Waals surface area contributed by atoms with Gasteiger partial charge >= 0.3 is 0 Å². The molecule has 9 rings (SSSR count). The zero-order valence-electron chi connectivity index (χ0n) is 37.0. The van der Waals surface area contributed by atoms with Crippen LogP contribution in [-0.4, -0.2) is 0 Å². The van der Waals surface area contributed by atoms with Crippen LogP contribution in [0.2, 0.25) is 0 Å². The van der Waals surface area contributed by atoms with Crippen LogP contribution >= 0.6 is 0 Å². The van der Waals surface area contributed by atoms with Crippen LogP contribution in [0, 0.1) is 0 Å². The summed E-state index contributed by atoms with van der Waals surface area (Å²) in [4.78, 5) is 0. The third-order valence-electron chi connectivity index (χ3n) is 14.9. The van der Waals surface area contributed by atoms with Crippen LogP contribution in [0.1, 0.15) is 153 Å². The van der Waals surface area contributed by atoms with E-state index in [9.17, 15) is 0 Å². The summed E-state index contributed by atoms with van der Waals surface area (Å²) in [6.07, 6.45) is 20.2. The van der Waals surface area contributed by atoms with E-state index in [1.54, 1.807) is 22.3 Å². The summed E-state index contributed by atoms with van der Waals surface area (Å²) in [6, 6.07) is 52.6. The van der Waals surface area contributed by atoms with E-state index in [4.69, 9.17) is 0 Å². The van der Waals surface area contributed by atoms with E-state index in [2.05, 4.69) is 161 Å². The fraction of sp³-hybridized carbons (Fsp3) is 0.367. The van der Waals surface area contributed by atoms with E-state index in [-0.39, 0.29) is 10.8 Å². The fourth-order valence-corrected chi connectivity index (χ4v) is 12.0. The number of unbranched alkanes of at least 4 members (excludes halogenated alkanes) is 8. The highest BCUT2D eigenvalue weighted by Crippen LogP contribution is 2.57. The first-order chi connectivity index (χ1) is 29.6. The maximum Gasteiger partial charge on any atom is 0.0215 e. The molecule has 0 N–H and O–H groups in total. The molecule has 0 saturated carbocycles. The van der Waals surface area contributed by atoms with Gasteiger partial charge in [0.05, 0.1) is 0 Å². The molecule has 7 aromatic rings. The van der Waals surface area contributed by atoms with Gasteiger partial charge in [0, 0.05) is 10.8 Å². The molecule has 0 bridgehead atoms. The maximum atomic E-state index is 2.66. The smallest absolute Gasteiger partial charge is 0.0215 e. The second-order valence-electron chi connectivity index (χ2n) is 18.4. The van der Waals surface area contributed by atoms with Crippen molar-refractivity contribution in [2.75, 3.05) is 0 Å². The number of rotatable bonds is 18. The quantitative estimate of drug-likeness (QED) is 0.0600. The zero-order chi connectivity index (χ0) is 41.1. The van der Waals surface area contributed by atoms with Gasteiger partial charge in [-0.3, -0.25) is 0 Å². The lowest BCUT2D eigenvalue weighted by Gasteiger charge is -2.33. The average molecular weight is 787 g/mol. The molecule has 0 heteroatoms. The highest BCUT2D eigenvalue weighted by Gasteiger charge is 2.43. The van der Waals surface area contributed by atoms with Crippen LogP contribution in [0.5, 0.6) is 0 Å². The van der Waals surface area contributed by atoms with E-state index in [0.717, 1.165) is 0 Å². The molecule has 2 aliphatic carbocycles. The maximum absolute atomic E-state index is 2.66. The molecular weight excluding hydrogens is 721 g/mol. The van der Waals surface area contributed by atoms with Crippen molar-refractivity contribution < 1.29 is 0 Å². The first-order valence-corrected chi connectivity index (χ1v) is 24.0. The summed E-state index contributed by atoms with van der Waals surface area (Å²) in [5.41, 5.74) is 17.6. The van der Waals surface area contributed by atoms with Gasteiger partial charge in [0.25, 0.3) is 0 Å². The molecule has 0 radical (unpaired) electrons. The SMILES string of the molecule is CCCCCCC1(CCCCCC)c2ccccc2-c2ccc(-c3c4ccccc4c(-c4ccc5c(c4)C(CCCC)(CCCC)c4ccccc4-5)c4ccccc34)cc21. The Morgan fingerprint density at radius 3 is 1.02 bits per heavy atom. The molecule has 0 fully saturated rings. The van der Waals surface area contributed by atoms with Crippen LogP contribution in [0.3, 0.4) is 0 Å². The number of hydrogen-bond acceptors (Lipinski definition) is 0. The van der Waals surface area contributed by atoms with Gasteiger partial charge < -0.3 is 0 Å². The number of benzene rings is 7. The molecule has 0 spiro atoms. The van der Waals surface area contributed by atoms with E-state index in [1.165, 1.54) is 169 Å². The zero-order valence-corrected chi connectivity index (χ0v) is 37.0. The largest absolute Gasteiger partial charge is 0.0654 e.